The van der Waals surface area contributed by atoms with Crippen LogP contribution in [0.5, 0.6) is 0 Å². The molecule has 0 spiro atoms. The number of likely N-dealkylation sites (tertiary alicyclic amines) is 1. The molecule has 0 unspecified atom stereocenters. The van der Waals surface area contributed by atoms with Crippen LogP contribution >= 0.6 is 0 Å². The van der Waals surface area contributed by atoms with Gasteiger partial charge in [0, 0.05) is 37.8 Å². The first kappa shape index (κ1) is 19.8. The number of aryl methyl sites for hydroxylation is 2. The number of carbonyl (C=O) groups excluding carboxylic acids is 2. The van der Waals surface area contributed by atoms with Crippen LogP contribution < -0.4 is 5.73 Å². The molecule has 0 aliphatic carbocycles. The summed E-state index contributed by atoms with van der Waals surface area (Å²) in [4.78, 5) is 31.4. The first-order valence-electron chi connectivity index (χ1n) is 10.1. The van der Waals surface area contributed by atoms with Crippen molar-refractivity contribution in [3.8, 4) is 5.69 Å². The monoisotopic (exact) mass is 403 g/mol. The molecule has 1 aliphatic heterocycles. The molecule has 1 aromatic carbocycles. The van der Waals surface area contributed by atoms with Gasteiger partial charge in [-0.3, -0.25) is 14.6 Å². The molecule has 3 aromatic rings. The Balaban J connectivity index is 1.39. The lowest BCUT2D eigenvalue weighted by molar-refractivity contribution is -0.130. The molecule has 30 heavy (non-hydrogen) atoms. The van der Waals surface area contributed by atoms with Crippen LogP contribution in [0.3, 0.4) is 0 Å². The van der Waals surface area contributed by atoms with Gasteiger partial charge in [-0.25, -0.2) is 4.68 Å². The number of hydrogen-bond donors (Lipinski definition) is 1. The van der Waals surface area contributed by atoms with Crippen LogP contribution in [0, 0.1) is 12.8 Å². The number of hydrogen-bond acceptors (Lipinski definition) is 5. The van der Waals surface area contributed by atoms with Gasteiger partial charge in [0.1, 0.15) is 5.82 Å². The van der Waals surface area contributed by atoms with Gasteiger partial charge in [-0.2, -0.15) is 5.10 Å². The zero-order valence-corrected chi connectivity index (χ0v) is 17.0. The highest BCUT2D eigenvalue weighted by atomic mass is 16.2. The third-order valence-corrected chi connectivity index (χ3v) is 5.64. The lowest BCUT2D eigenvalue weighted by Crippen LogP contribution is -2.30. The number of nitrogens with zero attached hydrogens (tertiary/aromatic N) is 4. The Morgan fingerprint density at radius 2 is 1.87 bits per heavy atom. The molecule has 7 heteroatoms. The van der Waals surface area contributed by atoms with E-state index in [-0.39, 0.29) is 17.6 Å². The number of carbonyl (C=O) groups is 2. The smallest absolute Gasteiger partial charge is 0.222 e. The first-order chi connectivity index (χ1) is 14.5. The second kappa shape index (κ2) is 8.49. The van der Waals surface area contributed by atoms with Crippen LogP contribution in [0.25, 0.3) is 5.69 Å². The normalized spacial score (nSPS) is 16.0. The predicted molar refractivity (Wildman–Crippen MR) is 114 cm³/mol. The first-order valence-corrected chi connectivity index (χ1v) is 10.1. The zero-order valence-electron chi connectivity index (χ0n) is 17.0. The summed E-state index contributed by atoms with van der Waals surface area (Å²) in [5.74, 6) is 0.125. The topological polar surface area (TPSA) is 94.1 Å². The molecule has 1 atom stereocenters. The van der Waals surface area contributed by atoms with E-state index in [9.17, 15) is 9.59 Å². The maximum Gasteiger partial charge on any atom is 0.222 e. The molecular weight excluding hydrogens is 378 g/mol. The van der Waals surface area contributed by atoms with Crippen LogP contribution in [-0.2, 0) is 11.2 Å². The highest BCUT2D eigenvalue weighted by Crippen LogP contribution is 2.26. The highest BCUT2D eigenvalue weighted by molar-refractivity contribution is 6.02. The van der Waals surface area contributed by atoms with E-state index in [1.165, 1.54) is 6.20 Å². The van der Waals surface area contributed by atoms with E-state index in [4.69, 9.17) is 5.73 Å². The maximum atomic E-state index is 13.0. The summed E-state index contributed by atoms with van der Waals surface area (Å²) < 4.78 is 1.58. The van der Waals surface area contributed by atoms with Crippen molar-refractivity contribution >= 4 is 17.5 Å². The molecule has 1 amide bonds. The summed E-state index contributed by atoms with van der Waals surface area (Å²) in [6.45, 7) is 3.04. The zero-order chi connectivity index (χ0) is 21.1. The minimum absolute atomic E-state index is 0.0460. The van der Waals surface area contributed by atoms with E-state index in [1.54, 1.807) is 22.0 Å². The van der Waals surface area contributed by atoms with Crippen molar-refractivity contribution in [3.63, 3.8) is 0 Å². The Labute approximate surface area is 175 Å². The molecule has 7 nitrogen and oxygen atoms in total. The van der Waals surface area contributed by atoms with Crippen molar-refractivity contribution in [1.29, 1.82) is 0 Å². The molecule has 1 fully saturated rings. The van der Waals surface area contributed by atoms with Crippen molar-refractivity contribution in [2.45, 2.75) is 26.2 Å². The lowest BCUT2D eigenvalue weighted by Gasteiger charge is -2.16. The summed E-state index contributed by atoms with van der Waals surface area (Å²) in [6, 6.07) is 11.6. The summed E-state index contributed by atoms with van der Waals surface area (Å²) in [5.41, 5.74) is 9.71. The molecule has 0 bridgehead atoms. The van der Waals surface area contributed by atoms with E-state index in [0.717, 1.165) is 16.8 Å². The number of amides is 1. The Morgan fingerprint density at radius 3 is 2.60 bits per heavy atom. The largest absolute Gasteiger partial charge is 0.383 e. The van der Waals surface area contributed by atoms with E-state index in [1.807, 2.05) is 43.3 Å². The summed E-state index contributed by atoms with van der Waals surface area (Å²) in [5, 5.41) is 4.31. The van der Waals surface area contributed by atoms with Gasteiger partial charge < -0.3 is 10.6 Å². The van der Waals surface area contributed by atoms with Crippen LogP contribution in [0.1, 0.15) is 34.3 Å². The standard InChI is InChI=1S/C23H25N5O2/c1-16-2-5-19(6-3-16)28-23(24)20(14-26-28)22(30)18-10-13-27(15-18)21(29)7-4-17-8-11-25-12-9-17/h2-3,5-6,8-9,11-12,14,18H,4,7,10,13,15,24H2,1H3/t18-/m1/s1. The van der Waals surface area contributed by atoms with Gasteiger partial charge in [-0.15, -0.1) is 0 Å². The van der Waals surface area contributed by atoms with E-state index >= 15 is 0 Å². The van der Waals surface area contributed by atoms with Gasteiger partial charge in [-0.1, -0.05) is 17.7 Å². The molecule has 2 N–H and O–H groups in total. The number of benzene rings is 1. The molecule has 4 rings (SSSR count). The Morgan fingerprint density at radius 1 is 1.13 bits per heavy atom. The lowest BCUT2D eigenvalue weighted by atomic mass is 9.98. The molecule has 0 radical (unpaired) electrons. The van der Waals surface area contributed by atoms with Crippen LogP contribution in [0.15, 0.2) is 55.0 Å². The van der Waals surface area contributed by atoms with Crippen LogP contribution in [0.2, 0.25) is 0 Å². The minimum Gasteiger partial charge on any atom is -0.383 e. The van der Waals surface area contributed by atoms with Crippen molar-refractivity contribution in [2.75, 3.05) is 18.8 Å². The number of Topliss-reactive ketones (excluding diaryl/α,β-unsaturated/α-hetero) is 1. The molecular formula is C23H25N5O2. The number of aromatic nitrogens is 3. The SMILES string of the molecule is Cc1ccc(-n2ncc(C(=O)[C@@H]3CCN(C(=O)CCc4ccncc4)C3)c2N)cc1. The Kier molecular flexibility index (Phi) is 5.61. The molecule has 0 saturated carbocycles. The van der Waals surface area contributed by atoms with E-state index < -0.39 is 0 Å². The van der Waals surface area contributed by atoms with Crippen LogP contribution in [0.4, 0.5) is 5.82 Å². The number of pyridine rings is 1. The summed E-state index contributed by atoms with van der Waals surface area (Å²) >= 11 is 0. The van der Waals surface area contributed by atoms with Crippen molar-refractivity contribution < 1.29 is 9.59 Å². The molecule has 2 aromatic heterocycles. The third-order valence-electron chi connectivity index (χ3n) is 5.64. The second-order valence-corrected chi connectivity index (χ2v) is 7.74. The quantitative estimate of drug-likeness (QED) is 0.639. The van der Waals surface area contributed by atoms with Crippen molar-refractivity contribution in [3.05, 3.63) is 71.7 Å². The fourth-order valence-corrected chi connectivity index (χ4v) is 3.82. The van der Waals surface area contributed by atoms with Crippen molar-refractivity contribution in [2.24, 2.45) is 5.92 Å². The van der Waals surface area contributed by atoms with Crippen molar-refractivity contribution in [1.82, 2.24) is 19.7 Å². The van der Waals surface area contributed by atoms with Gasteiger partial charge in [0.05, 0.1) is 17.4 Å². The van der Waals surface area contributed by atoms with Gasteiger partial charge in [0.2, 0.25) is 5.91 Å². The Bertz CT molecular complexity index is 1040. The van der Waals surface area contributed by atoms with Gasteiger partial charge in [0.15, 0.2) is 5.78 Å². The molecule has 1 saturated heterocycles. The fraction of sp³-hybridized carbons (Fsp3) is 0.304. The van der Waals surface area contributed by atoms with Gasteiger partial charge in [0.25, 0.3) is 0 Å². The van der Waals surface area contributed by atoms with E-state index in [0.29, 0.717) is 43.7 Å². The number of rotatable bonds is 6. The van der Waals surface area contributed by atoms with Crippen LogP contribution in [-0.4, -0.2) is 44.4 Å². The number of nitrogens with two attached hydrogens (primary N) is 1. The highest BCUT2D eigenvalue weighted by Gasteiger charge is 2.33. The second-order valence-electron chi connectivity index (χ2n) is 7.74. The third kappa shape index (κ3) is 4.10. The fourth-order valence-electron chi connectivity index (χ4n) is 3.82. The maximum absolute atomic E-state index is 13.0. The minimum atomic E-state index is -0.243. The Hall–Kier alpha value is -3.48. The number of nitrogen functional groups attached to an aromatic ring is 1. The van der Waals surface area contributed by atoms with Gasteiger partial charge >= 0.3 is 0 Å². The number of ketones is 1. The summed E-state index contributed by atoms with van der Waals surface area (Å²) in [6.07, 6.45) is 6.74. The predicted octanol–water partition coefficient (Wildman–Crippen LogP) is 2.82. The molecule has 3 heterocycles. The average molecular weight is 403 g/mol. The average Bonchev–Trinajstić information content (AvgIpc) is 3.40. The summed E-state index contributed by atoms with van der Waals surface area (Å²) in [7, 11) is 0. The van der Waals surface area contributed by atoms with Gasteiger partial charge in [-0.05, 0) is 49.6 Å². The van der Waals surface area contributed by atoms with E-state index in [2.05, 4.69) is 10.1 Å². The molecule has 1 aliphatic rings. The molecule has 154 valence electrons. The number of anilines is 1.